The van der Waals surface area contributed by atoms with E-state index >= 15 is 0 Å². The molecule has 0 bridgehead atoms. The smallest absolute Gasteiger partial charge is 0.290 e. The van der Waals surface area contributed by atoms with Crippen LogP contribution in [0.2, 0.25) is 0 Å². The first-order valence-corrected chi connectivity index (χ1v) is 9.50. The molecule has 0 spiro atoms. The molecule has 2 amide bonds. The molecular weight excluding hydrogens is 388 g/mol. The summed E-state index contributed by atoms with van der Waals surface area (Å²) in [6, 6.07) is 12.9. The number of carbonyl (C=O) groups excluding carboxylic acids is 2. The van der Waals surface area contributed by atoms with Gasteiger partial charge >= 0.3 is 0 Å². The van der Waals surface area contributed by atoms with Gasteiger partial charge in [0.25, 0.3) is 11.8 Å². The maximum absolute atomic E-state index is 13.2. The quantitative estimate of drug-likeness (QED) is 0.612. The molecule has 0 fully saturated rings. The summed E-state index contributed by atoms with van der Waals surface area (Å²) in [6.45, 7) is -0.0711. The van der Waals surface area contributed by atoms with E-state index in [2.05, 4.69) is 0 Å². The Morgan fingerprint density at radius 2 is 1.87 bits per heavy atom. The first-order valence-electron chi connectivity index (χ1n) is 9.50. The van der Waals surface area contributed by atoms with Crippen molar-refractivity contribution in [3.05, 3.63) is 75.6 Å². The Morgan fingerprint density at radius 1 is 1.13 bits per heavy atom. The zero-order chi connectivity index (χ0) is 21.3. The van der Waals surface area contributed by atoms with Crippen LogP contribution >= 0.6 is 0 Å². The Labute approximate surface area is 171 Å². The number of rotatable bonds is 7. The predicted molar refractivity (Wildman–Crippen MR) is 108 cm³/mol. The molecule has 3 aromatic rings. The largest absolute Gasteiger partial charge is 0.484 e. The molecule has 0 saturated heterocycles. The molecule has 154 valence electrons. The third kappa shape index (κ3) is 3.42. The third-order valence-electron chi connectivity index (χ3n) is 5.01. The zero-order valence-electron chi connectivity index (χ0n) is 16.0. The van der Waals surface area contributed by atoms with E-state index in [9.17, 15) is 19.5 Å². The maximum atomic E-state index is 13.2. The second kappa shape index (κ2) is 8.00. The van der Waals surface area contributed by atoms with Crippen molar-refractivity contribution in [2.24, 2.45) is 5.73 Å². The molecule has 1 atom stereocenters. The summed E-state index contributed by atoms with van der Waals surface area (Å²) in [7, 11) is 0. The average Bonchev–Trinajstić information content (AvgIpc) is 3.03. The van der Waals surface area contributed by atoms with Crippen LogP contribution in [-0.2, 0) is 4.79 Å². The lowest BCUT2D eigenvalue weighted by atomic mass is 9.98. The maximum Gasteiger partial charge on any atom is 0.290 e. The van der Waals surface area contributed by atoms with Crippen LogP contribution in [0.15, 0.2) is 57.7 Å². The summed E-state index contributed by atoms with van der Waals surface area (Å²) < 4.78 is 11.1. The van der Waals surface area contributed by atoms with E-state index in [0.717, 1.165) is 0 Å². The fourth-order valence-corrected chi connectivity index (χ4v) is 3.69. The molecule has 30 heavy (non-hydrogen) atoms. The van der Waals surface area contributed by atoms with Crippen LogP contribution in [0.25, 0.3) is 11.0 Å². The number of hydrogen-bond donors (Lipinski definition) is 2. The fraction of sp³-hybridized carbons (Fsp3) is 0.227. The van der Waals surface area contributed by atoms with E-state index in [-0.39, 0.29) is 42.4 Å². The zero-order valence-corrected chi connectivity index (χ0v) is 16.0. The van der Waals surface area contributed by atoms with Gasteiger partial charge in [-0.3, -0.25) is 14.4 Å². The molecular formula is C22H20N2O6. The second-order valence-electron chi connectivity index (χ2n) is 6.97. The lowest BCUT2D eigenvalue weighted by Crippen LogP contribution is -2.31. The lowest BCUT2D eigenvalue weighted by molar-refractivity contribution is -0.119. The molecule has 0 saturated carbocycles. The van der Waals surface area contributed by atoms with Crippen LogP contribution < -0.4 is 15.9 Å². The summed E-state index contributed by atoms with van der Waals surface area (Å²) in [4.78, 5) is 38.7. The van der Waals surface area contributed by atoms with Gasteiger partial charge in [0.15, 0.2) is 12.0 Å². The Bertz CT molecular complexity index is 1170. The van der Waals surface area contributed by atoms with Crippen molar-refractivity contribution in [3.8, 4) is 5.75 Å². The number of carbonyl (C=O) groups is 2. The first-order chi connectivity index (χ1) is 14.5. The summed E-state index contributed by atoms with van der Waals surface area (Å²) in [5.74, 6) is -0.514. The van der Waals surface area contributed by atoms with E-state index in [4.69, 9.17) is 14.9 Å². The number of amides is 2. The Balaban J connectivity index is 1.80. The van der Waals surface area contributed by atoms with Crippen molar-refractivity contribution >= 4 is 22.8 Å². The monoisotopic (exact) mass is 408 g/mol. The minimum Gasteiger partial charge on any atom is -0.484 e. The minimum atomic E-state index is -0.648. The average molecular weight is 408 g/mol. The molecule has 2 aromatic carbocycles. The van der Waals surface area contributed by atoms with Gasteiger partial charge < -0.3 is 24.9 Å². The van der Waals surface area contributed by atoms with E-state index < -0.39 is 11.9 Å². The van der Waals surface area contributed by atoms with Crippen molar-refractivity contribution in [1.29, 1.82) is 0 Å². The standard InChI is InChI=1S/C22H20N2O6/c23-17(26)12-29-14-8-6-13(7-9-14)19-18-20(27)15-4-1-2-5-16(15)30-21(18)22(28)24(19)10-3-11-25/h1-2,4-9,19,25H,3,10-12H2,(H2,23,26)/t19-/m0/s1. The SMILES string of the molecule is NC(=O)COc1ccc([C@H]2c3c(oc4ccccc4c3=O)C(=O)N2CCCO)cc1. The molecule has 4 rings (SSSR count). The number of benzene rings is 2. The fourth-order valence-electron chi connectivity index (χ4n) is 3.69. The van der Waals surface area contributed by atoms with Gasteiger partial charge in [0.05, 0.1) is 17.0 Å². The van der Waals surface area contributed by atoms with Crippen LogP contribution in [0.3, 0.4) is 0 Å². The molecule has 2 heterocycles. The van der Waals surface area contributed by atoms with Gasteiger partial charge in [0, 0.05) is 13.2 Å². The van der Waals surface area contributed by atoms with Crippen molar-refractivity contribution in [3.63, 3.8) is 0 Å². The summed E-state index contributed by atoms with van der Waals surface area (Å²) in [6.07, 6.45) is 0.365. The number of fused-ring (bicyclic) bond motifs is 2. The van der Waals surface area contributed by atoms with Crippen LogP contribution in [0.1, 0.15) is 34.1 Å². The Kier molecular flexibility index (Phi) is 5.24. The van der Waals surface area contributed by atoms with Gasteiger partial charge in [0.1, 0.15) is 11.3 Å². The number of para-hydroxylation sites is 1. The highest BCUT2D eigenvalue weighted by atomic mass is 16.5. The van der Waals surface area contributed by atoms with E-state index in [1.54, 1.807) is 48.5 Å². The number of nitrogens with zero attached hydrogens (tertiary/aromatic N) is 1. The summed E-state index contributed by atoms with van der Waals surface area (Å²) >= 11 is 0. The highest BCUT2D eigenvalue weighted by Crippen LogP contribution is 2.38. The molecule has 3 N–H and O–H groups in total. The third-order valence-corrected chi connectivity index (χ3v) is 5.01. The predicted octanol–water partition coefficient (Wildman–Crippen LogP) is 1.58. The highest BCUT2D eigenvalue weighted by molar-refractivity contribution is 5.99. The summed E-state index contributed by atoms with van der Waals surface area (Å²) in [5, 5.41) is 9.66. The second-order valence-corrected chi connectivity index (χ2v) is 6.97. The summed E-state index contributed by atoms with van der Waals surface area (Å²) in [5.41, 5.74) is 6.16. The van der Waals surface area contributed by atoms with Crippen molar-refractivity contribution in [2.75, 3.05) is 19.8 Å². The topological polar surface area (TPSA) is 123 Å². The molecule has 0 aliphatic carbocycles. The van der Waals surface area contributed by atoms with E-state index in [1.807, 2.05) is 0 Å². The molecule has 0 unspecified atom stereocenters. The van der Waals surface area contributed by atoms with Gasteiger partial charge in [-0.2, -0.15) is 0 Å². The number of aliphatic hydroxyl groups excluding tert-OH is 1. The van der Waals surface area contributed by atoms with Crippen LogP contribution in [0.5, 0.6) is 5.75 Å². The number of aliphatic hydroxyl groups is 1. The van der Waals surface area contributed by atoms with Crippen molar-refractivity contribution < 1.29 is 23.8 Å². The molecule has 1 aliphatic heterocycles. The van der Waals surface area contributed by atoms with Gasteiger partial charge in [-0.05, 0) is 36.2 Å². The lowest BCUT2D eigenvalue weighted by Gasteiger charge is -2.25. The van der Waals surface area contributed by atoms with E-state index in [0.29, 0.717) is 28.7 Å². The number of ether oxygens (including phenoxy) is 1. The van der Waals surface area contributed by atoms with Gasteiger partial charge in [-0.15, -0.1) is 0 Å². The number of nitrogens with two attached hydrogens (primary N) is 1. The molecule has 8 nitrogen and oxygen atoms in total. The Morgan fingerprint density at radius 3 is 2.57 bits per heavy atom. The van der Waals surface area contributed by atoms with Crippen molar-refractivity contribution in [1.82, 2.24) is 4.90 Å². The molecule has 1 aliphatic rings. The molecule has 8 heteroatoms. The van der Waals surface area contributed by atoms with Gasteiger partial charge in [-0.1, -0.05) is 24.3 Å². The Hall–Kier alpha value is -3.65. The molecule has 0 radical (unpaired) electrons. The first kappa shape index (κ1) is 19.7. The number of hydrogen-bond acceptors (Lipinski definition) is 6. The normalized spacial score (nSPS) is 15.4. The van der Waals surface area contributed by atoms with Gasteiger partial charge in [0.2, 0.25) is 5.76 Å². The highest BCUT2D eigenvalue weighted by Gasteiger charge is 2.42. The van der Waals surface area contributed by atoms with Crippen LogP contribution in [0.4, 0.5) is 0 Å². The van der Waals surface area contributed by atoms with Crippen molar-refractivity contribution in [2.45, 2.75) is 12.5 Å². The van der Waals surface area contributed by atoms with Crippen LogP contribution in [0, 0.1) is 0 Å². The minimum absolute atomic E-state index is 0.0238. The van der Waals surface area contributed by atoms with Crippen LogP contribution in [-0.4, -0.2) is 41.6 Å². The van der Waals surface area contributed by atoms with E-state index in [1.165, 1.54) is 4.90 Å². The number of primary amides is 1. The van der Waals surface area contributed by atoms with Gasteiger partial charge in [-0.25, -0.2) is 0 Å². The molecule has 1 aromatic heterocycles.